The van der Waals surface area contributed by atoms with E-state index in [0.717, 1.165) is 19.4 Å². The maximum absolute atomic E-state index is 12.2. The number of amides is 1. The minimum absolute atomic E-state index is 0. The van der Waals surface area contributed by atoms with E-state index in [2.05, 4.69) is 20.9 Å². The largest absolute Gasteiger partial charge is 0.357 e. The molecule has 3 N–H and O–H groups in total. The van der Waals surface area contributed by atoms with Crippen LogP contribution in [0.1, 0.15) is 53.9 Å². The minimum Gasteiger partial charge on any atom is -0.357 e. The molecule has 0 atom stereocenters. The summed E-state index contributed by atoms with van der Waals surface area (Å²) >= 11 is 0. The third kappa shape index (κ3) is 9.73. The lowest BCUT2D eigenvalue weighted by molar-refractivity contribution is -0.128. The van der Waals surface area contributed by atoms with Gasteiger partial charge in [0.25, 0.3) is 0 Å². The smallest absolute Gasteiger partial charge is 0.225 e. The maximum atomic E-state index is 12.2. The third-order valence-corrected chi connectivity index (χ3v) is 6.42. The van der Waals surface area contributed by atoms with Crippen LogP contribution >= 0.6 is 24.0 Å². The summed E-state index contributed by atoms with van der Waals surface area (Å²) in [5, 5.41) is 9.47. The first kappa shape index (κ1) is 27.4. The average Bonchev–Trinajstić information content (AvgIpc) is 2.58. The Bertz CT molecular complexity index is 597. The maximum Gasteiger partial charge on any atom is 0.225 e. The van der Waals surface area contributed by atoms with Gasteiger partial charge >= 0.3 is 0 Å². The molecule has 0 radical (unpaired) electrons. The summed E-state index contributed by atoms with van der Waals surface area (Å²) in [4.78, 5) is 16.4. The molecular formula is C18H38IN5O3S. The van der Waals surface area contributed by atoms with E-state index >= 15 is 0 Å². The van der Waals surface area contributed by atoms with Crippen LogP contribution in [-0.4, -0.2) is 69.1 Å². The molecule has 1 saturated heterocycles. The molecule has 8 nitrogen and oxygen atoms in total. The van der Waals surface area contributed by atoms with Gasteiger partial charge in [-0.25, -0.2) is 12.7 Å². The number of guanidine groups is 1. The number of aliphatic imine (C=N–C) groups is 1. The molecule has 1 heterocycles. The number of hydrogen-bond acceptors (Lipinski definition) is 4. The monoisotopic (exact) mass is 531 g/mol. The fraction of sp³-hybridized carbons (Fsp3) is 0.889. The van der Waals surface area contributed by atoms with Gasteiger partial charge in [0.15, 0.2) is 5.96 Å². The van der Waals surface area contributed by atoms with Gasteiger partial charge < -0.3 is 16.0 Å². The van der Waals surface area contributed by atoms with Crippen LogP contribution in [0.3, 0.4) is 0 Å². The van der Waals surface area contributed by atoms with E-state index in [1.807, 2.05) is 34.6 Å². The fourth-order valence-electron chi connectivity index (χ4n) is 2.78. The van der Waals surface area contributed by atoms with E-state index in [-0.39, 0.29) is 41.7 Å². The zero-order chi connectivity index (χ0) is 20.5. The summed E-state index contributed by atoms with van der Waals surface area (Å²) in [5.74, 6) is 0.934. The molecule has 28 heavy (non-hydrogen) atoms. The molecule has 0 aromatic rings. The standard InChI is InChI=1S/C18H37N5O3S.HI/c1-6-14-27(25,26)23-12-8-15(9-13-23)22-17(19-7-2)21-11-10-20-16(24)18(3,4)5;/h15H,6-14H2,1-5H3,(H,20,24)(H2,19,21,22);1H. The zero-order valence-corrected chi connectivity index (χ0v) is 21.0. The van der Waals surface area contributed by atoms with E-state index in [1.165, 1.54) is 0 Å². The highest BCUT2D eigenvalue weighted by Crippen LogP contribution is 2.15. The van der Waals surface area contributed by atoms with E-state index < -0.39 is 15.4 Å². The summed E-state index contributed by atoms with van der Waals surface area (Å²) in [6.07, 6.45) is 2.16. The molecule has 0 saturated carbocycles. The van der Waals surface area contributed by atoms with Gasteiger partial charge in [0.2, 0.25) is 15.9 Å². The van der Waals surface area contributed by atoms with Crippen molar-refractivity contribution in [3.63, 3.8) is 0 Å². The quantitative estimate of drug-likeness (QED) is 0.191. The molecule has 166 valence electrons. The van der Waals surface area contributed by atoms with Crippen molar-refractivity contribution in [3.05, 3.63) is 0 Å². The Kier molecular flexibility index (Phi) is 12.6. The van der Waals surface area contributed by atoms with Gasteiger partial charge in [0.1, 0.15) is 0 Å². The van der Waals surface area contributed by atoms with Crippen LogP contribution in [0.4, 0.5) is 0 Å². The lowest BCUT2D eigenvalue weighted by atomic mass is 9.96. The summed E-state index contributed by atoms with van der Waals surface area (Å²) < 4.78 is 25.9. The Morgan fingerprint density at radius 3 is 2.25 bits per heavy atom. The van der Waals surface area contributed by atoms with Crippen molar-refractivity contribution in [1.29, 1.82) is 0 Å². The summed E-state index contributed by atoms with van der Waals surface area (Å²) in [5.41, 5.74) is -0.404. The fourth-order valence-corrected chi connectivity index (χ4v) is 4.32. The Hall–Kier alpha value is -0.620. The van der Waals surface area contributed by atoms with Crippen LogP contribution < -0.4 is 16.0 Å². The van der Waals surface area contributed by atoms with Crippen LogP contribution in [0.25, 0.3) is 0 Å². The van der Waals surface area contributed by atoms with Crippen molar-refractivity contribution in [3.8, 4) is 0 Å². The van der Waals surface area contributed by atoms with Crippen molar-refractivity contribution >= 4 is 45.9 Å². The predicted octanol–water partition coefficient (Wildman–Crippen LogP) is 1.53. The molecule has 0 aliphatic carbocycles. The molecule has 1 aliphatic rings. The number of rotatable bonds is 8. The van der Waals surface area contributed by atoms with Crippen molar-refractivity contribution < 1.29 is 13.2 Å². The Morgan fingerprint density at radius 2 is 1.75 bits per heavy atom. The van der Waals surface area contributed by atoms with Crippen LogP contribution in [0.2, 0.25) is 0 Å². The molecule has 0 bridgehead atoms. The molecule has 1 rings (SSSR count). The second kappa shape index (κ2) is 12.8. The Labute approximate surface area is 187 Å². The number of carbonyl (C=O) groups excluding carboxylic acids is 1. The van der Waals surface area contributed by atoms with Crippen LogP contribution in [-0.2, 0) is 14.8 Å². The molecule has 0 spiro atoms. The van der Waals surface area contributed by atoms with Gasteiger partial charge in [-0.2, -0.15) is 0 Å². The van der Waals surface area contributed by atoms with E-state index in [1.54, 1.807) is 4.31 Å². The number of piperidine rings is 1. The summed E-state index contributed by atoms with van der Waals surface area (Å²) in [7, 11) is -3.11. The highest BCUT2D eigenvalue weighted by Gasteiger charge is 2.27. The molecule has 10 heteroatoms. The normalized spacial score (nSPS) is 17.0. The van der Waals surface area contributed by atoms with Crippen molar-refractivity contribution in [1.82, 2.24) is 20.3 Å². The van der Waals surface area contributed by atoms with Gasteiger partial charge in [0, 0.05) is 37.6 Å². The Morgan fingerprint density at radius 1 is 1.14 bits per heavy atom. The van der Waals surface area contributed by atoms with Gasteiger partial charge in [-0.3, -0.25) is 9.79 Å². The number of halogens is 1. The predicted molar refractivity (Wildman–Crippen MR) is 126 cm³/mol. The lowest BCUT2D eigenvalue weighted by Gasteiger charge is -2.32. The molecule has 1 amide bonds. The van der Waals surface area contributed by atoms with Crippen LogP contribution in [0.15, 0.2) is 4.99 Å². The second-order valence-corrected chi connectivity index (χ2v) is 9.99. The van der Waals surface area contributed by atoms with E-state index in [9.17, 15) is 13.2 Å². The van der Waals surface area contributed by atoms with Crippen LogP contribution in [0.5, 0.6) is 0 Å². The molecule has 0 unspecified atom stereocenters. The first-order chi connectivity index (χ1) is 12.6. The van der Waals surface area contributed by atoms with Crippen LogP contribution in [0, 0.1) is 5.41 Å². The highest BCUT2D eigenvalue weighted by atomic mass is 127. The number of hydrogen-bond donors (Lipinski definition) is 3. The Balaban J connectivity index is 0.00000729. The number of nitrogens with one attached hydrogen (secondary N) is 3. The highest BCUT2D eigenvalue weighted by molar-refractivity contribution is 14.0. The number of sulfonamides is 1. The van der Waals surface area contributed by atoms with E-state index in [4.69, 9.17) is 0 Å². The average molecular weight is 532 g/mol. The summed E-state index contributed by atoms with van der Waals surface area (Å²) in [6, 6.07) is 0.194. The zero-order valence-electron chi connectivity index (χ0n) is 17.9. The third-order valence-electron chi connectivity index (χ3n) is 4.34. The molecule has 0 aromatic carbocycles. The number of carbonyl (C=O) groups is 1. The molecular weight excluding hydrogens is 493 g/mol. The van der Waals surface area contributed by atoms with Gasteiger partial charge in [0.05, 0.1) is 12.3 Å². The topological polar surface area (TPSA) is 103 Å². The summed E-state index contributed by atoms with van der Waals surface area (Å²) in [6.45, 7) is 12.3. The van der Waals surface area contributed by atoms with Gasteiger partial charge in [-0.05, 0) is 26.2 Å². The number of nitrogens with zero attached hydrogens (tertiary/aromatic N) is 2. The minimum atomic E-state index is -3.11. The van der Waals surface area contributed by atoms with Gasteiger partial charge in [-0.1, -0.05) is 27.7 Å². The molecule has 1 aliphatic heterocycles. The van der Waals surface area contributed by atoms with Gasteiger partial charge in [-0.15, -0.1) is 24.0 Å². The first-order valence-corrected chi connectivity index (χ1v) is 11.5. The van der Waals surface area contributed by atoms with Crippen molar-refractivity contribution in [2.45, 2.75) is 59.9 Å². The lowest BCUT2D eigenvalue weighted by Crippen LogP contribution is -2.50. The first-order valence-electron chi connectivity index (χ1n) is 9.91. The molecule has 0 aromatic heterocycles. The molecule has 1 fully saturated rings. The SMILES string of the molecule is CCCS(=O)(=O)N1CCC(NC(=NCCNC(=O)C(C)(C)C)NCC)CC1.I. The second-order valence-electron chi connectivity index (χ2n) is 7.90. The van der Waals surface area contributed by atoms with Crippen molar-refractivity contribution in [2.24, 2.45) is 10.4 Å². The van der Waals surface area contributed by atoms with E-state index in [0.29, 0.717) is 38.6 Å². The van der Waals surface area contributed by atoms with Crippen molar-refractivity contribution in [2.75, 3.05) is 38.5 Å².